The van der Waals surface area contributed by atoms with Crippen molar-refractivity contribution in [3.05, 3.63) is 11.8 Å². The van der Waals surface area contributed by atoms with Crippen molar-refractivity contribution in [2.75, 3.05) is 11.9 Å². The van der Waals surface area contributed by atoms with E-state index >= 15 is 0 Å². The maximum atomic E-state index is 12.2. The molecule has 4 N–H and O–H groups in total. The number of aromatic nitrogens is 2. The first kappa shape index (κ1) is 15.7. The van der Waals surface area contributed by atoms with Gasteiger partial charge in [-0.05, 0) is 17.8 Å². The first-order chi connectivity index (χ1) is 8.73. The molecule has 0 bridgehead atoms. The third-order valence-electron chi connectivity index (χ3n) is 2.99. The Morgan fingerprint density at radius 3 is 2.53 bits per heavy atom. The molecule has 0 spiro atoms. The molecule has 5 heteroatoms. The van der Waals surface area contributed by atoms with Gasteiger partial charge in [-0.3, -0.25) is 9.89 Å². The molecule has 0 fully saturated rings. The summed E-state index contributed by atoms with van der Waals surface area (Å²) in [6.45, 7) is 10.8. The zero-order valence-electron chi connectivity index (χ0n) is 12.6. The Balaban J connectivity index is 2.66. The van der Waals surface area contributed by atoms with Gasteiger partial charge in [-0.25, -0.2) is 0 Å². The van der Waals surface area contributed by atoms with Crippen LogP contribution in [0.3, 0.4) is 0 Å². The van der Waals surface area contributed by atoms with Crippen LogP contribution in [-0.4, -0.2) is 22.6 Å². The van der Waals surface area contributed by atoms with E-state index in [1.807, 2.05) is 6.07 Å². The molecule has 0 aliphatic rings. The highest BCUT2D eigenvalue weighted by molar-refractivity contribution is 5.91. The van der Waals surface area contributed by atoms with Gasteiger partial charge in [0.1, 0.15) is 0 Å². The lowest BCUT2D eigenvalue weighted by molar-refractivity contribution is -0.120. The Kier molecular flexibility index (Phi) is 5.11. The molecule has 1 atom stereocenters. The second-order valence-electron chi connectivity index (χ2n) is 6.55. The molecule has 1 heterocycles. The fourth-order valence-corrected chi connectivity index (χ4v) is 1.95. The maximum absolute atomic E-state index is 12.2. The van der Waals surface area contributed by atoms with Crippen molar-refractivity contribution in [3.8, 4) is 0 Å². The monoisotopic (exact) mass is 266 g/mol. The summed E-state index contributed by atoms with van der Waals surface area (Å²) in [5.41, 5.74) is 6.79. The summed E-state index contributed by atoms with van der Waals surface area (Å²) in [6, 6.07) is 1.87. The van der Waals surface area contributed by atoms with Gasteiger partial charge >= 0.3 is 0 Å². The van der Waals surface area contributed by atoms with Crippen LogP contribution in [0, 0.1) is 11.3 Å². The number of carbonyl (C=O) groups is 1. The maximum Gasteiger partial charge on any atom is 0.229 e. The fraction of sp³-hybridized carbons (Fsp3) is 0.714. The fourth-order valence-electron chi connectivity index (χ4n) is 1.95. The molecule has 1 aromatic heterocycles. The predicted octanol–water partition coefficient (Wildman–Crippen LogP) is 2.48. The molecule has 1 unspecified atom stereocenters. The van der Waals surface area contributed by atoms with Crippen molar-refractivity contribution in [3.63, 3.8) is 0 Å². The molecule has 1 amide bonds. The van der Waals surface area contributed by atoms with E-state index in [2.05, 4.69) is 50.1 Å². The van der Waals surface area contributed by atoms with Crippen molar-refractivity contribution in [1.82, 2.24) is 10.2 Å². The number of amides is 1. The zero-order valence-corrected chi connectivity index (χ0v) is 12.6. The number of hydrogen-bond acceptors (Lipinski definition) is 3. The van der Waals surface area contributed by atoms with Gasteiger partial charge in [0.05, 0.1) is 5.92 Å². The summed E-state index contributed by atoms with van der Waals surface area (Å²) in [6.07, 6.45) is 0.761. The van der Waals surface area contributed by atoms with Gasteiger partial charge in [0, 0.05) is 18.3 Å². The zero-order chi connectivity index (χ0) is 14.6. The number of nitrogens with two attached hydrogens (primary N) is 1. The van der Waals surface area contributed by atoms with E-state index in [1.54, 1.807) is 0 Å². The minimum absolute atomic E-state index is 0.0563. The Morgan fingerprint density at radius 2 is 2.11 bits per heavy atom. The minimum Gasteiger partial charge on any atom is -0.330 e. The number of H-pyrrole nitrogens is 1. The summed E-state index contributed by atoms with van der Waals surface area (Å²) in [4.78, 5) is 12.2. The van der Waals surface area contributed by atoms with Crippen molar-refractivity contribution in [2.24, 2.45) is 17.1 Å². The third-order valence-corrected chi connectivity index (χ3v) is 2.99. The second-order valence-corrected chi connectivity index (χ2v) is 6.55. The number of aromatic amines is 1. The number of rotatable bonds is 5. The predicted molar refractivity (Wildman–Crippen MR) is 77.9 cm³/mol. The standard InChI is InChI=1S/C14H26N4O/c1-9(2)11-6-12(18-17-11)16-13(19)10(8-15)7-14(3,4)5/h6,9-10H,7-8,15H2,1-5H3,(H2,16,17,18,19). The molecular weight excluding hydrogens is 240 g/mol. The van der Waals surface area contributed by atoms with Crippen LogP contribution in [0.4, 0.5) is 5.82 Å². The highest BCUT2D eigenvalue weighted by Crippen LogP contribution is 2.25. The van der Waals surface area contributed by atoms with Crippen molar-refractivity contribution in [1.29, 1.82) is 0 Å². The van der Waals surface area contributed by atoms with Gasteiger partial charge in [0.25, 0.3) is 0 Å². The first-order valence-electron chi connectivity index (χ1n) is 6.79. The quantitative estimate of drug-likeness (QED) is 0.765. The van der Waals surface area contributed by atoms with E-state index in [4.69, 9.17) is 5.73 Å². The number of nitrogens with zero attached hydrogens (tertiary/aromatic N) is 1. The largest absolute Gasteiger partial charge is 0.330 e. The van der Waals surface area contributed by atoms with Crippen LogP contribution in [0.1, 0.15) is 52.7 Å². The average molecular weight is 266 g/mol. The summed E-state index contributed by atoms with van der Waals surface area (Å²) < 4.78 is 0. The van der Waals surface area contributed by atoms with Crippen LogP contribution in [0.15, 0.2) is 6.07 Å². The van der Waals surface area contributed by atoms with E-state index in [-0.39, 0.29) is 17.2 Å². The van der Waals surface area contributed by atoms with Crippen molar-refractivity contribution < 1.29 is 4.79 Å². The Morgan fingerprint density at radius 1 is 1.47 bits per heavy atom. The summed E-state index contributed by atoms with van der Waals surface area (Å²) in [7, 11) is 0. The Bertz CT molecular complexity index is 417. The minimum atomic E-state index is -0.181. The van der Waals surface area contributed by atoms with Crippen LogP contribution in [0.2, 0.25) is 0 Å². The molecule has 0 aliphatic heterocycles. The summed E-state index contributed by atoms with van der Waals surface area (Å²) in [5, 5.41) is 9.84. The molecular formula is C14H26N4O. The molecule has 0 saturated carbocycles. The van der Waals surface area contributed by atoms with Crippen LogP contribution < -0.4 is 11.1 Å². The van der Waals surface area contributed by atoms with Gasteiger partial charge in [-0.1, -0.05) is 34.6 Å². The van der Waals surface area contributed by atoms with E-state index in [0.29, 0.717) is 18.3 Å². The highest BCUT2D eigenvalue weighted by Gasteiger charge is 2.24. The third kappa shape index (κ3) is 5.03. The van der Waals surface area contributed by atoms with E-state index in [9.17, 15) is 4.79 Å². The molecule has 1 aromatic rings. The molecule has 0 radical (unpaired) electrons. The van der Waals surface area contributed by atoms with Crippen LogP contribution in [-0.2, 0) is 4.79 Å². The smallest absolute Gasteiger partial charge is 0.229 e. The lowest BCUT2D eigenvalue weighted by Crippen LogP contribution is -2.32. The van der Waals surface area contributed by atoms with Crippen LogP contribution in [0.25, 0.3) is 0 Å². The van der Waals surface area contributed by atoms with Gasteiger partial charge in [0.15, 0.2) is 5.82 Å². The average Bonchev–Trinajstić information content (AvgIpc) is 2.73. The second kappa shape index (κ2) is 6.19. The normalized spacial score (nSPS) is 13.6. The van der Waals surface area contributed by atoms with Gasteiger partial charge < -0.3 is 11.1 Å². The molecule has 19 heavy (non-hydrogen) atoms. The summed E-state index contributed by atoms with van der Waals surface area (Å²) in [5.74, 6) is 0.692. The number of carbonyl (C=O) groups excluding carboxylic acids is 1. The van der Waals surface area contributed by atoms with Gasteiger partial charge in [-0.15, -0.1) is 0 Å². The lowest BCUT2D eigenvalue weighted by Gasteiger charge is -2.23. The molecule has 5 nitrogen and oxygen atoms in total. The SMILES string of the molecule is CC(C)c1cc(NC(=O)C(CN)CC(C)(C)C)n[nH]1. The molecule has 0 saturated heterocycles. The van der Waals surface area contributed by atoms with E-state index < -0.39 is 0 Å². The number of nitrogens with one attached hydrogen (secondary N) is 2. The van der Waals surface area contributed by atoms with Crippen LogP contribution >= 0.6 is 0 Å². The van der Waals surface area contributed by atoms with Crippen molar-refractivity contribution >= 4 is 11.7 Å². The van der Waals surface area contributed by atoms with Gasteiger partial charge in [-0.2, -0.15) is 5.10 Å². The number of hydrogen-bond donors (Lipinski definition) is 3. The molecule has 0 aliphatic carbocycles. The van der Waals surface area contributed by atoms with Crippen LogP contribution in [0.5, 0.6) is 0 Å². The number of anilines is 1. The lowest BCUT2D eigenvalue weighted by atomic mass is 9.84. The summed E-state index contributed by atoms with van der Waals surface area (Å²) >= 11 is 0. The van der Waals surface area contributed by atoms with E-state index in [1.165, 1.54) is 0 Å². The van der Waals surface area contributed by atoms with Gasteiger partial charge in [0.2, 0.25) is 5.91 Å². The molecule has 108 valence electrons. The first-order valence-corrected chi connectivity index (χ1v) is 6.79. The Hall–Kier alpha value is -1.36. The topological polar surface area (TPSA) is 83.8 Å². The highest BCUT2D eigenvalue weighted by atomic mass is 16.2. The van der Waals surface area contributed by atoms with E-state index in [0.717, 1.165) is 12.1 Å². The van der Waals surface area contributed by atoms with Crippen molar-refractivity contribution in [2.45, 2.75) is 47.0 Å². The Labute approximate surface area is 115 Å². The molecule has 1 rings (SSSR count). The molecule has 0 aromatic carbocycles.